The van der Waals surface area contributed by atoms with Gasteiger partial charge in [0, 0.05) is 32.4 Å². The van der Waals surface area contributed by atoms with E-state index in [2.05, 4.69) is 4.98 Å². The van der Waals surface area contributed by atoms with Gasteiger partial charge in [0.25, 0.3) is 0 Å². The zero-order chi connectivity index (χ0) is 22.4. The summed E-state index contributed by atoms with van der Waals surface area (Å²) in [5, 5.41) is 1.72. The van der Waals surface area contributed by atoms with Gasteiger partial charge in [-0.2, -0.15) is 5.06 Å². The van der Waals surface area contributed by atoms with Gasteiger partial charge in [-0.1, -0.05) is 12.1 Å². The molecule has 1 aromatic heterocycles. The van der Waals surface area contributed by atoms with Crippen molar-refractivity contribution in [2.75, 3.05) is 20.3 Å². The average molecular weight is 433 g/mol. The number of esters is 2. The van der Waals surface area contributed by atoms with Gasteiger partial charge in [-0.15, -0.1) is 0 Å². The molecular weight excluding hydrogens is 405 g/mol. The highest BCUT2D eigenvalue weighted by atomic mass is 19.1. The van der Waals surface area contributed by atoms with Crippen molar-refractivity contribution in [2.45, 2.75) is 44.9 Å². The second-order valence-corrected chi connectivity index (χ2v) is 7.49. The molecule has 8 nitrogen and oxygen atoms in total. The topological polar surface area (TPSA) is 82.9 Å². The number of nitrogens with zero attached hydrogens (tertiary/aromatic N) is 3. The Kier molecular flexibility index (Phi) is 7.40. The van der Waals surface area contributed by atoms with E-state index in [0.717, 1.165) is 5.56 Å². The number of imidazole rings is 1. The predicted octanol–water partition coefficient (Wildman–Crippen LogP) is 2.69. The number of halogens is 1. The van der Waals surface area contributed by atoms with Gasteiger partial charge < -0.3 is 14.0 Å². The molecule has 2 heterocycles. The fraction of sp³-hybridized carbons (Fsp3) is 0.500. The molecule has 3 rings (SSSR count). The Labute approximate surface area is 180 Å². The smallest absolute Gasteiger partial charge is 0.320 e. The third-order valence-corrected chi connectivity index (χ3v) is 5.50. The van der Waals surface area contributed by atoms with Gasteiger partial charge in [-0.3, -0.25) is 14.4 Å². The summed E-state index contributed by atoms with van der Waals surface area (Å²) in [6.07, 6.45) is 5.37. The molecular formula is C22H28FN3O5. The second kappa shape index (κ2) is 10.0. The second-order valence-electron chi connectivity index (χ2n) is 7.49. The lowest BCUT2D eigenvalue weighted by Crippen LogP contribution is -2.41. The number of aromatic nitrogens is 2. The molecule has 1 saturated heterocycles. The molecule has 0 aliphatic carbocycles. The third-order valence-electron chi connectivity index (χ3n) is 5.50. The number of hydroxylamine groups is 2. The van der Waals surface area contributed by atoms with E-state index in [1.165, 1.54) is 12.1 Å². The van der Waals surface area contributed by atoms with Crippen molar-refractivity contribution in [2.24, 2.45) is 5.92 Å². The average Bonchev–Trinajstić information content (AvgIpc) is 3.35. The lowest BCUT2D eigenvalue weighted by atomic mass is 9.83. The van der Waals surface area contributed by atoms with E-state index in [9.17, 15) is 14.0 Å². The quantitative estimate of drug-likeness (QED) is 0.444. The molecule has 1 fully saturated rings. The Morgan fingerprint density at radius 2 is 1.87 bits per heavy atom. The van der Waals surface area contributed by atoms with Crippen LogP contribution in [0.15, 0.2) is 43.0 Å². The van der Waals surface area contributed by atoms with Crippen molar-refractivity contribution < 1.29 is 28.3 Å². The molecule has 9 heteroatoms. The lowest BCUT2D eigenvalue weighted by Gasteiger charge is -2.34. The van der Waals surface area contributed by atoms with Crippen LogP contribution in [0.5, 0.6) is 0 Å². The fourth-order valence-electron chi connectivity index (χ4n) is 4.03. The molecule has 0 spiro atoms. The molecule has 2 atom stereocenters. The van der Waals surface area contributed by atoms with Crippen LogP contribution in [0.4, 0.5) is 4.39 Å². The van der Waals surface area contributed by atoms with Gasteiger partial charge >= 0.3 is 11.9 Å². The molecule has 0 radical (unpaired) electrons. The van der Waals surface area contributed by atoms with E-state index in [1.54, 1.807) is 50.6 Å². The minimum absolute atomic E-state index is 0.120. The third kappa shape index (κ3) is 5.11. The normalized spacial score (nSPS) is 21.4. The number of hydrogen-bond acceptors (Lipinski definition) is 7. The largest absolute Gasteiger partial charge is 0.465 e. The summed E-state index contributed by atoms with van der Waals surface area (Å²) >= 11 is 0. The summed E-state index contributed by atoms with van der Waals surface area (Å²) in [4.78, 5) is 35.0. The van der Waals surface area contributed by atoms with Crippen molar-refractivity contribution in [1.82, 2.24) is 14.6 Å². The summed E-state index contributed by atoms with van der Waals surface area (Å²) in [6, 6.07) is 6.27. The molecule has 0 N–H and O–H groups in total. The Morgan fingerprint density at radius 3 is 2.42 bits per heavy atom. The molecule has 2 unspecified atom stereocenters. The summed E-state index contributed by atoms with van der Waals surface area (Å²) in [7, 11) is 1.80. The van der Waals surface area contributed by atoms with E-state index in [0.29, 0.717) is 13.0 Å². The zero-order valence-corrected chi connectivity index (χ0v) is 18.0. The van der Waals surface area contributed by atoms with Crippen LogP contribution in [-0.4, -0.2) is 52.9 Å². The van der Waals surface area contributed by atoms with E-state index in [4.69, 9.17) is 14.3 Å². The zero-order valence-electron chi connectivity index (χ0n) is 18.0. The molecule has 0 bridgehead atoms. The number of rotatable bonds is 9. The SMILES string of the molecule is CCOC(=O)C(CC1CC(Cn2ccnc2)(c2ccc(F)cc2)N(C)O1)C(=O)OCC. The maximum atomic E-state index is 13.6. The Morgan fingerprint density at radius 1 is 1.23 bits per heavy atom. The summed E-state index contributed by atoms with van der Waals surface area (Å²) < 4.78 is 25.7. The highest BCUT2D eigenvalue weighted by Gasteiger charge is 2.48. The van der Waals surface area contributed by atoms with Crippen LogP contribution in [0.1, 0.15) is 32.3 Å². The van der Waals surface area contributed by atoms with Crippen LogP contribution in [0.3, 0.4) is 0 Å². The first-order chi connectivity index (χ1) is 14.9. The van der Waals surface area contributed by atoms with Crippen LogP contribution in [0.2, 0.25) is 0 Å². The maximum Gasteiger partial charge on any atom is 0.320 e. The first-order valence-electron chi connectivity index (χ1n) is 10.3. The number of benzene rings is 1. The summed E-state index contributed by atoms with van der Waals surface area (Å²) in [5.74, 6) is -2.65. The Balaban J connectivity index is 1.87. The van der Waals surface area contributed by atoms with Gasteiger partial charge in [0.1, 0.15) is 5.82 Å². The molecule has 0 amide bonds. The lowest BCUT2D eigenvalue weighted by molar-refractivity contribution is -0.184. The van der Waals surface area contributed by atoms with E-state index >= 15 is 0 Å². The van der Waals surface area contributed by atoms with Crippen molar-refractivity contribution in [1.29, 1.82) is 0 Å². The van der Waals surface area contributed by atoms with E-state index in [-0.39, 0.29) is 25.5 Å². The summed E-state index contributed by atoms with van der Waals surface area (Å²) in [5.41, 5.74) is 0.212. The predicted molar refractivity (Wildman–Crippen MR) is 109 cm³/mol. The first-order valence-corrected chi connectivity index (χ1v) is 10.3. The van der Waals surface area contributed by atoms with Crippen molar-refractivity contribution in [3.63, 3.8) is 0 Å². The van der Waals surface area contributed by atoms with Crippen molar-refractivity contribution >= 4 is 11.9 Å². The van der Waals surface area contributed by atoms with Gasteiger partial charge in [0.15, 0.2) is 5.92 Å². The van der Waals surface area contributed by atoms with Crippen LogP contribution in [0.25, 0.3) is 0 Å². The number of carbonyl (C=O) groups is 2. The minimum atomic E-state index is -1.07. The highest BCUT2D eigenvalue weighted by Crippen LogP contribution is 2.42. The van der Waals surface area contributed by atoms with Crippen molar-refractivity contribution in [3.05, 3.63) is 54.4 Å². The Hall–Kier alpha value is -2.78. The standard InChI is InChI=1S/C22H28FN3O5/c1-4-29-20(27)19(21(28)30-5-2)12-18-13-22(25(3)31-18,14-26-11-10-24-15-26)16-6-8-17(23)9-7-16/h6-11,15,18-19H,4-5,12-14H2,1-3H3. The summed E-state index contributed by atoms with van der Waals surface area (Å²) in [6.45, 7) is 4.20. The molecule has 2 aromatic rings. The monoisotopic (exact) mass is 433 g/mol. The van der Waals surface area contributed by atoms with Gasteiger partial charge in [0.2, 0.25) is 0 Å². The number of likely N-dealkylation sites (N-methyl/N-ethyl adjacent to an activating group) is 1. The van der Waals surface area contributed by atoms with Gasteiger partial charge in [0.05, 0.1) is 31.2 Å². The Bertz CT molecular complexity index is 856. The molecule has 168 valence electrons. The first kappa shape index (κ1) is 22.9. The van der Waals surface area contributed by atoms with E-state index in [1.807, 2.05) is 10.8 Å². The van der Waals surface area contributed by atoms with Gasteiger partial charge in [-0.05, 0) is 38.0 Å². The molecule has 31 heavy (non-hydrogen) atoms. The highest BCUT2D eigenvalue weighted by molar-refractivity contribution is 5.94. The fourth-order valence-corrected chi connectivity index (χ4v) is 4.03. The van der Waals surface area contributed by atoms with Crippen LogP contribution in [0, 0.1) is 11.7 Å². The van der Waals surface area contributed by atoms with Crippen LogP contribution >= 0.6 is 0 Å². The van der Waals surface area contributed by atoms with Crippen LogP contribution in [-0.2, 0) is 36.0 Å². The minimum Gasteiger partial charge on any atom is -0.465 e. The molecule has 1 aliphatic heterocycles. The van der Waals surface area contributed by atoms with Crippen molar-refractivity contribution in [3.8, 4) is 0 Å². The number of ether oxygens (including phenoxy) is 2. The molecule has 1 aromatic carbocycles. The number of hydrogen-bond donors (Lipinski definition) is 0. The van der Waals surface area contributed by atoms with Crippen LogP contribution < -0.4 is 0 Å². The molecule has 1 aliphatic rings. The van der Waals surface area contributed by atoms with Gasteiger partial charge in [-0.25, -0.2) is 9.37 Å². The van der Waals surface area contributed by atoms with E-state index < -0.39 is 29.5 Å². The number of carbonyl (C=O) groups excluding carboxylic acids is 2. The molecule has 0 saturated carbocycles. The maximum absolute atomic E-state index is 13.6.